The van der Waals surface area contributed by atoms with Crippen LogP contribution in [-0.2, 0) is 9.59 Å². The summed E-state index contributed by atoms with van der Waals surface area (Å²) >= 11 is 0. The first kappa shape index (κ1) is 17.8. The number of benzene rings is 2. The lowest BCUT2D eigenvalue weighted by atomic mass is 10.1. The first-order chi connectivity index (χ1) is 12.6. The Labute approximate surface area is 152 Å². The Kier molecular flexibility index (Phi) is 5.41. The fourth-order valence-corrected chi connectivity index (χ4v) is 3.04. The van der Waals surface area contributed by atoms with Gasteiger partial charge in [0, 0.05) is 24.7 Å². The molecule has 1 atom stereocenters. The number of anilines is 1. The predicted octanol–water partition coefficient (Wildman–Crippen LogP) is 2.69. The van der Waals surface area contributed by atoms with Gasteiger partial charge in [0.1, 0.15) is 17.5 Å². The maximum Gasteiger partial charge on any atom is 0.254 e. The maximum absolute atomic E-state index is 12.7. The minimum atomic E-state index is -0.605. The van der Waals surface area contributed by atoms with Gasteiger partial charge in [-0.05, 0) is 36.8 Å². The summed E-state index contributed by atoms with van der Waals surface area (Å²) < 4.78 is 10.8. The van der Waals surface area contributed by atoms with E-state index in [9.17, 15) is 9.59 Å². The standard InChI is InChI=1S/C20H22N2O4/c1-14(23)21-19-17-6-3-4-7-18(17)22(20(19)24)12-5-13-26-16-10-8-15(25-2)9-11-16/h3-4,6-11,19H,5,12-13H2,1-2H3,(H,21,23). The molecular weight excluding hydrogens is 332 g/mol. The Morgan fingerprint density at radius 3 is 2.50 bits per heavy atom. The lowest BCUT2D eigenvalue weighted by Crippen LogP contribution is -2.37. The van der Waals surface area contributed by atoms with Crippen LogP contribution in [0.1, 0.15) is 24.9 Å². The van der Waals surface area contributed by atoms with Crippen LogP contribution in [0.4, 0.5) is 5.69 Å². The van der Waals surface area contributed by atoms with E-state index in [1.807, 2.05) is 48.5 Å². The van der Waals surface area contributed by atoms with Crippen LogP contribution in [0.15, 0.2) is 48.5 Å². The molecule has 0 fully saturated rings. The Balaban J connectivity index is 1.59. The second-order valence-electron chi connectivity index (χ2n) is 6.06. The average Bonchev–Trinajstić information content (AvgIpc) is 2.91. The van der Waals surface area contributed by atoms with E-state index >= 15 is 0 Å². The van der Waals surface area contributed by atoms with Gasteiger partial charge in [0.25, 0.3) is 5.91 Å². The molecule has 0 bridgehead atoms. The highest BCUT2D eigenvalue weighted by Gasteiger charge is 2.37. The first-order valence-corrected chi connectivity index (χ1v) is 8.54. The minimum Gasteiger partial charge on any atom is -0.497 e. The second kappa shape index (κ2) is 7.91. The van der Waals surface area contributed by atoms with Crippen LogP contribution in [0.3, 0.4) is 0 Å². The smallest absolute Gasteiger partial charge is 0.254 e. The highest BCUT2D eigenvalue weighted by molar-refractivity contribution is 6.06. The second-order valence-corrected chi connectivity index (χ2v) is 6.06. The van der Waals surface area contributed by atoms with Gasteiger partial charge in [-0.2, -0.15) is 0 Å². The SMILES string of the molecule is COc1ccc(OCCCN2C(=O)C(NC(C)=O)c3ccccc32)cc1. The molecule has 0 radical (unpaired) electrons. The van der Waals surface area contributed by atoms with Crippen molar-refractivity contribution in [2.75, 3.05) is 25.2 Å². The third-order valence-electron chi connectivity index (χ3n) is 4.25. The number of nitrogens with zero attached hydrogens (tertiary/aromatic N) is 1. The van der Waals surface area contributed by atoms with Gasteiger partial charge < -0.3 is 19.7 Å². The van der Waals surface area contributed by atoms with Crippen molar-refractivity contribution in [3.8, 4) is 11.5 Å². The summed E-state index contributed by atoms with van der Waals surface area (Å²) in [6, 6.07) is 14.3. The molecule has 26 heavy (non-hydrogen) atoms. The molecule has 2 aromatic carbocycles. The summed E-state index contributed by atoms with van der Waals surface area (Å²) in [5, 5.41) is 2.73. The molecular formula is C20H22N2O4. The number of methoxy groups -OCH3 is 1. The van der Waals surface area contributed by atoms with Gasteiger partial charge in [-0.25, -0.2) is 0 Å². The van der Waals surface area contributed by atoms with Gasteiger partial charge in [-0.3, -0.25) is 9.59 Å². The van der Waals surface area contributed by atoms with E-state index in [-0.39, 0.29) is 11.8 Å². The van der Waals surface area contributed by atoms with Crippen LogP contribution < -0.4 is 19.7 Å². The zero-order chi connectivity index (χ0) is 18.5. The number of nitrogens with one attached hydrogen (secondary N) is 1. The topological polar surface area (TPSA) is 67.9 Å². The number of ether oxygens (including phenoxy) is 2. The molecule has 1 aliphatic rings. The molecule has 2 amide bonds. The zero-order valence-electron chi connectivity index (χ0n) is 14.9. The molecule has 0 aliphatic carbocycles. The molecule has 0 saturated carbocycles. The minimum absolute atomic E-state index is 0.106. The monoisotopic (exact) mass is 354 g/mol. The molecule has 6 nitrogen and oxygen atoms in total. The number of carbonyl (C=O) groups is 2. The normalized spacial score (nSPS) is 15.5. The first-order valence-electron chi connectivity index (χ1n) is 8.54. The van der Waals surface area contributed by atoms with Crippen molar-refractivity contribution in [3.63, 3.8) is 0 Å². The predicted molar refractivity (Wildman–Crippen MR) is 98.5 cm³/mol. The molecule has 136 valence electrons. The number of para-hydroxylation sites is 1. The van der Waals surface area contributed by atoms with Gasteiger partial charge in [0.15, 0.2) is 0 Å². The van der Waals surface area contributed by atoms with Crippen molar-refractivity contribution in [2.24, 2.45) is 0 Å². The van der Waals surface area contributed by atoms with Crippen molar-refractivity contribution in [2.45, 2.75) is 19.4 Å². The molecule has 3 rings (SSSR count). The summed E-state index contributed by atoms with van der Waals surface area (Å²) in [7, 11) is 1.62. The number of fused-ring (bicyclic) bond motifs is 1. The summed E-state index contributed by atoms with van der Waals surface area (Å²) in [5.41, 5.74) is 1.68. The van der Waals surface area contributed by atoms with Gasteiger partial charge >= 0.3 is 0 Å². The Morgan fingerprint density at radius 1 is 1.12 bits per heavy atom. The number of amides is 2. The highest BCUT2D eigenvalue weighted by Crippen LogP contribution is 2.35. The Bertz CT molecular complexity index is 789. The van der Waals surface area contributed by atoms with Gasteiger partial charge in [0.2, 0.25) is 5.91 Å². The van der Waals surface area contributed by atoms with Crippen LogP contribution in [0, 0.1) is 0 Å². The van der Waals surface area contributed by atoms with Gasteiger partial charge in [0.05, 0.1) is 13.7 Å². The van der Waals surface area contributed by atoms with E-state index < -0.39 is 6.04 Å². The Morgan fingerprint density at radius 2 is 1.81 bits per heavy atom. The average molecular weight is 354 g/mol. The van der Waals surface area contributed by atoms with Gasteiger partial charge in [-0.15, -0.1) is 0 Å². The molecule has 0 aromatic heterocycles. The highest BCUT2D eigenvalue weighted by atomic mass is 16.5. The molecule has 2 aromatic rings. The summed E-state index contributed by atoms with van der Waals surface area (Å²) in [6.07, 6.45) is 0.679. The summed E-state index contributed by atoms with van der Waals surface area (Å²) in [6.45, 7) is 2.44. The fraction of sp³-hybridized carbons (Fsp3) is 0.300. The van der Waals surface area contributed by atoms with E-state index in [1.165, 1.54) is 6.92 Å². The van der Waals surface area contributed by atoms with E-state index in [2.05, 4.69) is 5.32 Å². The van der Waals surface area contributed by atoms with Crippen LogP contribution in [-0.4, -0.2) is 32.1 Å². The quantitative estimate of drug-likeness (QED) is 0.776. The number of rotatable bonds is 7. The Hall–Kier alpha value is -3.02. The third kappa shape index (κ3) is 3.79. The third-order valence-corrected chi connectivity index (χ3v) is 4.25. The van der Waals surface area contributed by atoms with E-state index in [0.717, 1.165) is 22.7 Å². The number of carbonyl (C=O) groups excluding carboxylic acids is 2. The fourth-order valence-electron chi connectivity index (χ4n) is 3.04. The van der Waals surface area contributed by atoms with Crippen molar-refractivity contribution in [1.29, 1.82) is 0 Å². The van der Waals surface area contributed by atoms with Crippen molar-refractivity contribution >= 4 is 17.5 Å². The lowest BCUT2D eigenvalue weighted by Gasteiger charge is -2.18. The van der Waals surface area contributed by atoms with Crippen LogP contribution in [0.25, 0.3) is 0 Å². The van der Waals surface area contributed by atoms with Crippen molar-refractivity contribution in [3.05, 3.63) is 54.1 Å². The van der Waals surface area contributed by atoms with Crippen molar-refractivity contribution in [1.82, 2.24) is 5.32 Å². The molecule has 6 heteroatoms. The lowest BCUT2D eigenvalue weighted by molar-refractivity contribution is -0.126. The molecule has 1 aliphatic heterocycles. The number of hydrogen-bond donors (Lipinski definition) is 1. The molecule has 0 spiro atoms. The summed E-state index contributed by atoms with van der Waals surface area (Å²) in [5.74, 6) is 1.21. The van der Waals surface area contributed by atoms with E-state index in [4.69, 9.17) is 9.47 Å². The van der Waals surface area contributed by atoms with Crippen LogP contribution >= 0.6 is 0 Å². The zero-order valence-corrected chi connectivity index (χ0v) is 14.9. The number of hydrogen-bond acceptors (Lipinski definition) is 4. The maximum atomic E-state index is 12.7. The van der Waals surface area contributed by atoms with E-state index in [1.54, 1.807) is 12.0 Å². The molecule has 1 N–H and O–H groups in total. The van der Waals surface area contributed by atoms with Crippen molar-refractivity contribution < 1.29 is 19.1 Å². The molecule has 0 saturated heterocycles. The summed E-state index contributed by atoms with van der Waals surface area (Å²) in [4.78, 5) is 25.8. The largest absolute Gasteiger partial charge is 0.497 e. The molecule has 1 heterocycles. The van der Waals surface area contributed by atoms with Crippen LogP contribution in [0.2, 0.25) is 0 Å². The van der Waals surface area contributed by atoms with E-state index in [0.29, 0.717) is 19.6 Å². The van der Waals surface area contributed by atoms with Gasteiger partial charge in [-0.1, -0.05) is 18.2 Å². The van der Waals surface area contributed by atoms with Crippen LogP contribution in [0.5, 0.6) is 11.5 Å². The molecule has 1 unspecified atom stereocenters.